The molecule has 0 unspecified atom stereocenters. The number of rotatable bonds is 3. The maximum Gasteiger partial charge on any atom is 0.0647 e. The van der Waals surface area contributed by atoms with Crippen LogP contribution in [0.25, 0.3) is 10.9 Å². The summed E-state index contributed by atoms with van der Waals surface area (Å²) < 4.78 is 0. The topological polar surface area (TPSA) is 27.8 Å². The average Bonchev–Trinajstić information content (AvgIpc) is 2.95. The fourth-order valence-corrected chi connectivity index (χ4v) is 2.89. The van der Waals surface area contributed by atoms with Crippen molar-refractivity contribution in [2.45, 2.75) is 38.3 Å². The molecule has 1 aromatic heterocycles. The molecule has 2 N–H and O–H groups in total. The van der Waals surface area contributed by atoms with Gasteiger partial charge >= 0.3 is 0 Å². The van der Waals surface area contributed by atoms with Crippen LogP contribution in [-0.2, 0) is 6.54 Å². The zero-order valence-corrected chi connectivity index (χ0v) is 10.6. The summed E-state index contributed by atoms with van der Waals surface area (Å²) in [5.74, 6) is 0. The third-order valence-electron chi connectivity index (χ3n) is 3.60. The van der Waals surface area contributed by atoms with Gasteiger partial charge in [-0.1, -0.05) is 36.6 Å². The van der Waals surface area contributed by atoms with Crippen molar-refractivity contribution in [1.82, 2.24) is 10.3 Å². The molecule has 2 aromatic rings. The van der Waals surface area contributed by atoms with E-state index >= 15 is 0 Å². The van der Waals surface area contributed by atoms with Crippen molar-refractivity contribution < 1.29 is 0 Å². The van der Waals surface area contributed by atoms with E-state index in [0.717, 1.165) is 17.1 Å². The van der Waals surface area contributed by atoms with Crippen LogP contribution in [0.1, 0.15) is 31.4 Å². The minimum atomic E-state index is 0.705. The lowest BCUT2D eigenvalue weighted by atomic mass is 10.2. The molecule has 90 valence electrons. The lowest BCUT2D eigenvalue weighted by Crippen LogP contribution is -2.25. The molecule has 0 amide bonds. The number of benzene rings is 1. The average molecular weight is 249 g/mol. The second-order valence-electron chi connectivity index (χ2n) is 4.86. The van der Waals surface area contributed by atoms with E-state index in [1.54, 1.807) is 0 Å². The van der Waals surface area contributed by atoms with Crippen molar-refractivity contribution in [1.29, 1.82) is 0 Å². The van der Waals surface area contributed by atoms with E-state index in [4.69, 9.17) is 11.6 Å². The molecule has 1 saturated carbocycles. The van der Waals surface area contributed by atoms with E-state index in [-0.39, 0.29) is 0 Å². The number of aromatic nitrogens is 1. The summed E-state index contributed by atoms with van der Waals surface area (Å²) in [6.45, 7) is 0.912. The normalized spacial score (nSPS) is 17.0. The molecule has 0 spiro atoms. The van der Waals surface area contributed by atoms with Crippen LogP contribution in [0, 0.1) is 0 Å². The van der Waals surface area contributed by atoms with Gasteiger partial charge in [0.2, 0.25) is 0 Å². The van der Waals surface area contributed by atoms with E-state index < -0.39 is 0 Å². The zero-order chi connectivity index (χ0) is 11.7. The number of para-hydroxylation sites is 1. The van der Waals surface area contributed by atoms with Crippen LogP contribution in [-0.4, -0.2) is 11.0 Å². The first-order valence-electron chi connectivity index (χ1n) is 6.32. The summed E-state index contributed by atoms with van der Waals surface area (Å²) in [7, 11) is 0. The second-order valence-corrected chi connectivity index (χ2v) is 5.27. The molecule has 0 saturated heterocycles. The molecule has 2 nitrogen and oxygen atoms in total. The van der Waals surface area contributed by atoms with E-state index in [2.05, 4.69) is 22.4 Å². The van der Waals surface area contributed by atoms with Crippen molar-refractivity contribution >= 4 is 22.5 Å². The monoisotopic (exact) mass is 248 g/mol. The number of nitrogens with one attached hydrogen (secondary N) is 2. The van der Waals surface area contributed by atoms with Crippen LogP contribution in [0.3, 0.4) is 0 Å². The number of hydrogen-bond acceptors (Lipinski definition) is 1. The second kappa shape index (κ2) is 4.71. The van der Waals surface area contributed by atoms with Gasteiger partial charge in [-0.05, 0) is 25.0 Å². The maximum atomic E-state index is 6.15. The SMILES string of the molecule is Clc1cccc2cc(CNC3CCCC3)[nH]c12. The Morgan fingerprint density at radius 3 is 2.88 bits per heavy atom. The van der Waals surface area contributed by atoms with Gasteiger partial charge in [0.1, 0.15) is 0 Å². The summed E-state index contributed by atoms with van der Waals surface area (Å²) in [5.41, 5.74) is 2.28. The molecule has 0 aliphatic heterocycles. The summed E-state index contributed by atoms with van der Waals surface area (Å²) in [5, 5.41) is 5.60. The number of hydrogen-bond donors (Lipinski definition) is 2. The van der Waals surface area contributed by atoms with Crippen LogP contribution < -0.4 is 5.32 Å². The standard InChI is InChI=1S/C14H17ClN2/c15-13-7-3-4-10-8-12(17-14(10)13)9-16-11-5-1-2-6-11/h3-4,7-8,11,16-17H,1-2,5-6,9H2. The molecule has 3 rings (SSSR count). The highest BCUT2D eigenvalue weighted by molar-refractivity contribution is 6.35. The third-order valence-corrected chi connectivity index (χ3v) is 3.91. The Morgan fingerprint density at radius 2 is 2.12 bits per heavy atom. The Morgan fingerprint density at radius 1 is 1.29 bits per heavy atom. The van der Waals surface area contributed by atoms with Crippen molar-refractivity contribution in [3.63, 3.8) is 0 Å². The molecule has 1 aliphatic carbocycles. The van der Waals surface area contributed by atoms with Crippen molar-refractivity contribution in [2.75, 3.05) is 0 Å². The van der Waals surface area contributed by atoms with Crippen LogP contribution in [0.2, 0.25) is 5.02 Å². The Labute approximate surface area is 106 Å². The molecular formula is C14H17ClN2. The zero-order valence-electron chi connectivity index (χ0n) is 9.80. The third kappa shape index (κ3) is 2.33. The van der Waals surface area contributed by atoms with Gasteiger partial charge in [0, 0.05) is 23.7 Å². The summed E-state index contributed by atoms with van der Waals surface area (Å²) in [4.78, 5) is 3.39. The molecule has 1 heterocycles. The largest absolute Gasteiger partial charge is 0.356 e. The van der Waals surface area contributed by atoms with Gasteiger partial charge in [-0.2, -0.15) is 0 Å². The Kier molecular flexibility index (Phi) is 3.08. The van der Waals surface area contributed by atoms with Crippen molar-refractivity contribution in [3.05, 3.63) is 35.0 Å². The van der Waals surface area contributed by atoms with Crippen molar-refractivity contribution in [3.8, 4) is 0 Å². The number of aromatic amines is 1. The summed E-state index contributed by atoms with van der Waals surface area (Å²) in [6, 6.07) is 8.90. The lowest BCUT2D eigenvalue weighted by molar-refractivity contribution is 0.520. The number of halogens is 1. The minimum absolute atomic E-state index is 0.705. The highest BCUT2D eigenvalue weighted by Gasteiger charge is 2.14. The fraction of sp³-hybridized carbons (Fsp3) is 0.429. The Bertz CT molecular complexity index is 512. The van der Waals surface area contributed by atoms with E-state index in [1.165, 1.54) is 36.8 Å². The predicted octanol–water partition coefficient (Wildman–Crippen LogP) is 3.85. The van der Waals surface area contributed by atoms with Gasteiger partial charge in [-0.3, -0.25) is 0 Å². The molecule has 0 radical (unpaired) electrons. The first-order chi connectivity index (χ1) is 8.33. The van der Waals surface area contributed by atoms with Crippen molar-refractivity contribution in [2.24, 2.45) is 0 Å². The van der Waals surface area contributed by atoms with Gasteiger partial charge < -0.3 is 10.3 Å². The Balaban J connectivity index is 1.74. The molecule has 0 atom stereocenters. The Hall–Kier alpha value is -0.990. The number of fused-ring (bicyclic) bond motifs is 1. The summed E-state index contributed by atoms with van der Waals surface area (Å²) in [6.07, 6.45) is 5.38. The highest BCUT2D eigenvalue weighted by atomic mass is 35.5. The minimum Gasteiger partial charge on any atom is -0.356 e. The van der Waals surface area contributed by atoms with Gasteiger partial charge in [0.15, 0.2) is 0 Å². The number of H-pyrrole nitrogens is 1. The van der Waals surface area contributed by atoms with Gasteiger partial charge in [0.25, 0.3) is 0 Å². The first kappa shape index (κ1) is 11.1. The van der Waals surface area contributed by atoms with Crippen LogP contribution in [0.15, 0.2) is 24.3 Å². The van der Waals surface area contributed by atoms with Gasteiger partial charge in [-0.15, -0.1) is 0 Å². The molecule has 1 aromatic carbocycles. The molecule has 0 bridgehead atoms. The maximum absolute atomic E-state index is 6.15. The highest BCUT2D eigenvalue weighted by Crippen LogP contribution is 2.24. The van der Waals surface area contributed by atoms with Gasteiger partial charge in [-0.25, -0.2) is 0 Å². The van der Waals surface area contributed by atoms with E-state index in [0.29, 0.717) is 6.04 Å². The smallest absolute Gasteiger partial charge is 0.0647 e. The van der Waals surface area contributed by atoms with Gasteiger partial charge in [0.05, 0.1) is 10.5 Å². The first-order valence-corrected chi connectivity index (χ1v) is 6.70. The van der Waals surface area contributed by atoms with E-state index in [9.17, 15) is 0 Å². The molecule has 17 heavy (non-hydrogen) atoms. The van der Waals surface area contributed by atoms with Crippen LogP contribution >= 0.6 is 11.6 Å². The fourth-order valence-electron chi connectivity index (χ4n) is 2.66. The molecular weight excluding hydrogens is 232 g/mol. The predicted molar refractivity (Wildman–Crippen MR) is 72.4 cm³/mol. The molecule has 1 aliphatic rings. The lowest BCUT2D eigenvalue weighted by Gasteiger charge is -2.10. The quantitative estimate of drug-likeness (QED) is 0.848. The summed E-state index contributed by atoms with van der Waals surface area (Å²) >= 11 is 6.15. The molecule has 1 fully saturated rings. The van der Waals surface area contributed by atoms with Crippen LogP contribution in [0.5, 0.6) is 0 Å². The molecule has 3 heteroatoms. The van der Waals surface area contributed by atoms with Crippen LogP contribution in [0.4, 0.5) is 0 Å². The van der Waals surface area contributed by atoms with E-state index in [1.807, 2.05) is 12.1 Å².